The van der Waals surface area contributed by atoms with Gasteiger partial charge in [0.15, 0.2) is 5.16 Å². The number of aromatic nitrogens is 3. The lowest BCUT2D eigenvalue weighted by Gasteiger charge is -2.18. The zero-order valence-electron chi connectivity index (χ0n) is 12.9. The molecule has 1 aromatic carbocycles. The third kappa shape index (κ3) is 3.77. The second-order valence-electron chi connectivity index (χ2n) is 5.14. The van der Waals surface area contributed by atoms with Gasteiger partial charge in [0.05, 0.1) is 0 Å². The summed E-state index contributed by atoms with van der Waals surface area (Å²) in [5.74, 6) is 0.828. The number of nitrogens with zero attached hydrogens (tertiary/aromatic N) is 2. The fraction of sp³-hybridized carbons (Fsp3) is 0.467. The molecule has 0 amide bonds. The zero-order chi connectivity index (χ0) is 15.4. The molecule has 0 aliphatic heterocycles. The van der Waals surface area contributed by atoms with E-state index >= 15 is 0 Å². The van der Waals surface area contributed by atoms with Crippen LogP contribution in [-0.2, 0) is 7.05 Å². The van der Waals surface area contributed by atoms with Crippen molar-refractivity contribution in [2.24, 2.45) is 7.05 Å². The van der Waals surface area contributed by atoms with Crippen molar-refractivity contribution in [2.45, 2.75) is 32.0 Å². The number of thioether (sulfide) groups is 1. The summed E-state index contributed by atoms with van der Waals surface area (Å²) in [7, 11) is 1.73. The van der Waals surface area contributed by atoms with Crippen molar-refractivity contribution in [1.29, 1.82) is 0 Å². The van der Waals surface area contributed by atoms with Gasteiger partial charge in [0.1, 0.15) is 0 Å². The van der Waals surface area contributed by atoms with E-state index in [0.717, 1.165) is 12.3 Å². The van der Waals surface area contributed by atoms with Crippen LogP contribution in [0.4, 0.5) is 0 Å². The van der Waals surface area contributed by atoms with Crippen molar-refractivity contribution in [3.05, 3.63) is 45.4 Å². The number of rotatable bonds is 6. The van der Waals surface area contributed by atoms with Gasteiger partial charge in [-0.15, -0.1) is 5.10 Å². The van der Waals surface area contributed by atoms with Gasteiger partial charge in [0.2, 0.25) is 0 Å². The molecule has 0 aliphatic carbocycles. The average Bonchev–Trinajstić information content (AvgIpc) is 2.78. The third-order valence-corrected chi connectivity index (χ3v) is 4.73. The largest absolute Gasteiger partial charge is 0.343 e. The smallest absolute Gasteiger partial charge is 0.309 e. The molecule has 0 radical (unpaired) electrons. The van der Waals surface area contributed by atoms with E-state index in [1.165, 1.54) is 21.3 Å². The molecule has 21 heavy (non-hydrogen) atoms. The predicted octanol–water partition coefficient (Wildman–Crippen LogP) is 2.17. The summed E-state index contributed by atoms with van der Waals surface area (Å²) in [6, 6.07) is 6.79. The van der Waals surface area contributed by atoms with E-state index in [1.54, 1.807) is 18.8 Å². The van der Waals surface area contributed by atoms with Crippen molar-refractivity contribution in [1.82, 2.24) is 20.1 Å². The number of H-pyrrole nitrogens is 1. The Labute approximate surface area is 129 Å². The molecule has 114 valence electrons. The summed E-state index contributed by atoms with van der Waals surface area (Å²) in [6.07, 6.45) is 0. The first-order chi connectivity index (χ1) is 10.0. The number of hydrogen-bond acceptors (Lipinski definition) is 4. The normalized spacial score (nSPS) is 12.6. The first kappa shape index (κ1) is 15.9. The SMILES string of the molecule is CCNC(CSc1n[nH]c(=O)n1C)c1ccc(C)c(C)c1. The van der Waals surface area contributed by atoms with Crippen molar-refractivity contribution < 1.29 is 0 Å². The molecule has 0 saturated heterocycles. The highest BCUT2D eigenvalue weighted by Crippen LogP contribution is 2.24. The van der Waals surface area contributed by atoms with E-state index in [0.29, 0.717) is 5.16 Å². The topological polar surface area (TPSA) is 62.7 Å². The lowest BCUT2D eigenvalue weighted by molar-refractivity contribution is 0.604. The molecule has 2 aromatic rings. The fourth-order valence-corrected chi connectivity index (χ4v) is 3.13. The minimum absolute atomic E-state index is 0.177. The van der Waals surface area contributed by atoms with Gasteiger partial charge in [-0.25, -0.2) is 9.89 Å². The summed E-state index contributed by atoms with van der Waals surface area (Å²) in [4.78, 5) is 11.4. The first-order valence-electron chi connectivity index (χ1n) is 7.07. The molecule has 1 atom stereocenters. The quantitative estimate of drug-likeness (QED) is 0.803. The molecular weight excluding hydrogens is 284 g/mol. The lowest BCUT2D eigenvalue weighted by atomic mass is 10.0. The molecule has 0 fully saturated rings. The monoisotopic (exact) mass is 306 g/mol. The average molecular weight is 306 g/mol. The number of aryl methyl sites for hydroxylation is 2. The van der Waals surface area contributed by atoms with E-state index in [-0.39, 0.29) is 11.7 Å². The summed E-state index contributed by atoms with van der Waals surface area (Å²) in [5, 5.41) is 10.7. The minimum Gasteiger partial charge on any atom is -0.309 e. The molecule has 1 heterocycles. The van der Waals surface area contributed by atoms with Gasteiger partial charge in [0, 0.05) is 18.8 Å². The van der Waals surface area contributed by atoms with Crippen molar-refractivity contribution in [3.63, 3.8) is 0 Å². The molecule has 1 aromatic heterocycles. The van der Waals surface area contributed by atoms with Gasteiger partial charge >= 0.3 is 5.69 Å². The molecular formula is C15H22N4OS. The van der Waals surface area contributed by atoms with Gasteiger partial charge in [-0.2, -0.15) is 0 Å². The highest BCUT2D eigenvalue weighted by atomic mass is 32.2. The number of hydrogen-bond donors (Lipinski definition) is 2. The highest BCUT2D eigenvalue weighted by Gasteiger charge is 2.14. The van der Waals surface area contributed by atoms with E-state index in [2.05, 4.69) is 54.5 Å². The summed E-state index contributed by atoms with van der Waals surface area (Å²) in [5.41, 5.74) is 3.69. The Morgan fingerprint density at radius 2 is 2.14 bits per heavy atom. The van der Waals surface area contributed by atoms with E-state index < -0.39 is 0 Å². The molecule has 0 aliphatic rings. The maximum atomic E-state index is 11.4. The van der Waals surface area contributed by atoms with Gasteiger partial charge in [0.25, 0.3) is 0 Å². The summed E-state index contributed by atoms with van der Waals surface area (Å²) in [6.45, 7) is 7.25. The Kier molecular flexibility index (Phi) is 5.25. The second kappa shape index (κ2) is 6.95. The molecule has 6 heteroatoms. The van der Waals surface area contributed by atoms with Crippen molar-refractivity contribution >= 4 is 11.8 Å². The lowest BCUT2D eigenvalue weighted by Crippen LogP contribution is -2.23. The minimum atomic E-state index is -0.177. The molecule has 5 nitrogen and oxygen atoms in total. The van der Waals surface area contributed by atoms with Crippen LogP contribution in [0, 0.1) is 13.8 Å². The highest BCUT2D eigenvalue weighted by molar-refractivity contribution is 7.99. The van der Waals surface area contributed by atoms with Crippen LogP contribution in [0.25, 0.3) is 0 Å². The number of benzene rings is 1. The zero-order valence-corrected chi connectivity index (χ0v) is 13.8. The molecule has 2 N–H and O–H groups in total. The standard InChI is InChI=1S/C15H22N4OS/c1-5-16-13(12-7-6-10(2)11(3)8-12)9-21-15-18-17-14(20)19(15)4/h6-8,13,16H,5,9H2,1-4H3,(H,17,20). The van der Waals surface area contributed by atoms with Crippen molar-refractivity contribution in [2.75, 3.05) is 12.3 Å². The fourth-order valence-electron chi connectivity index (χ4n) is 2.12. The number of nitrogens with one attached hydrogen (secondary N) is 2. The predicted molar refractivity (Wildman–Crippen MR) is 86.9 cm³/mol. The van der Waals surface area contributed by atoms with Gasteiger partial charge in [-0.05, 0) is 37.1 Å². The first-order valence-corrected chi connectivity index (χ1v) is 8.06. The number of aromatic amines is 1. The Hall–Kier alpha value is -1.53. The molecule has 0 spiro atoms. The van der Waals surface area contributed by atoms with Crippen molar-refractivity contribution in [3.8, 4) is 0 Å². The van der Waals surface area contributed by atoms with Gasteiger partial charge in [-0.3, -0.25) is 4.57 Å². The molecule has 2 rings (SSSR count). The van der Waals surface area contributed by atoms with Crippen LogP contribution in [0.5, 0.6) is 0 Å². The van der Waals surface area contributed by atoms with Crippen LogP contribution in [0.3, 0.4) is 0 Å². The van der Waals surface area contributed by atoms with Crippen LogP contribution in [-0.4, -0.2) is 27.1 Å². The Morgan fingerprint density at radius 1 is 1.38 bits per heavy atom. The van der Waals surface area contributed by atoms with E-state index in [4.69, 9.17) is 0 Å². The summed E-state index contributed by atoms with van der Waals surface area (Å²) >= 11 is 1.58. The van der Waals surface area contributed by atoms with Gasteiger partial charge in [-0.1, -0.05) is 36.9 Å². The van der Waals surface area contributed by atoms with Crippen LogP contribution in [0.1, 0.15) is 29.7 Å². The Balaban J connectivity index is 2.13. The maximum Gasteiger partial charge on any atom is 0.343 e. The van der Waals surface area contributed by atoms with Gasteiger partial charge < -0.3 is 5.32 Å². The second-order valence-corrected chi connectivity index (χ2v) is 6.12. The van der Waals surface area contributed by atoms with Crippen LogP contribution < -0.4 is 11.0 Å². The maximum absolute atomic E-state index is 11.4. The molecule has 1 unspecified atom stereocenters. The Bertz CT molecular complexity index is 662. The molecule has 0 saturated carbocycles. The molecule has 0 bridgehead atoms. The van der Waals surface area contributed by atoms with E-state index in [9.17, 15) is 4.79 Å². The third-order valence-electron chi connectivity index (χ3n) is 3.60. The van der Waals surface area contributed by atoms with E-state index in [1.807, 2.05) is 0 Å². The Morgan fingerprint density at radius 3 is 2.71 bits per heavy atom. The van der Waals surface area contributed by atoms with Crippen LogP contribution >= 0.6 is 11.8 Å². The van der Waals surface area contributed by atoms with Crippen LogP contribution in [0.2, 0.25) is 0 Å². The van der Waals surface area contributed by atoms with Crippen LogP contribution in [0.15, 0.2) is 28.2 Å². The summed E-state index contributed by atoms with van der Waals surface area (Å²) < 4.78 is 1.54.